The molecule has 2 aromatic rings. The fraction of sp³-hybridized carbons (Fsp3) is 0.348. The standard InChI is InChI=1S/C23H27NO6/c1-14(30-19-9-7-17(8-10-19)23(2,3)4)20(25)24-18-12-15(21(26)28-5)11-16(13-18)22(27)29-6/h7-14H,1-6H3,(H,24,25)/t14-/m0/s1. The number of hydrogen-bond donors (Lipinski definition) is 1. The molecule has 2 aromatic carbocycles. The van der Waals surface area contributed by atoms with Gasteiger partial charge in [0.2, 0.25) is 0 Å². The average molecular weight is 413 g/mol. The monoisotopic (exact) mass is 413 g/mol. The van der Waals surface area contributed by atoms with Gasteiger partial charge >= 0.3 is 11.9 Å². The van der Waals surface area contributed by atoms with Gasteiger partial charge in [0.15, 0.2) is 6.10 Å². The molecule has 7 nitrogen and oxygen atoms in total. The van der Waals surface area contributed by atoms with Crippen LogP contribution in [0.2, 0.25) is 0 Å². The number of hydrogen-bond acceptors (Lipinski definition) is 6. The molecule has 0 unspecified atom stereocenters. The van der Waals surface area contributed by atoms with E-state index >= 15 is 0 Å². The lowest BCUT2D eigenvalue weighted by Gasteiger charge is -2.20. The normalized spacial score (nSPS) is 11.9. The van der Waals surface area contributed by atoms with Crippen LogP contribution in [0.15, 0.2) is 42.5 Å². The summed E-state index contributed by atoms with van der Waals surface area (Å²) in [6.45, 7) is 7.95. The van der Waals surface area contributed by atoms with E-state index in [0.29, 0.717) is 5.75 Å². The van der Waals surface area contributed by atoms with Crippen molar-refractivity contribution in [1.82, 2.24) is 0 Å². The molecular weight excluding hydrogens is 386 g/mol. The predicted octanol–water partition coefficient (Wildman–Crippen LogP) is 3.96. The van der Waals surface area contributed by atoms with Gasteiger partial charge in [-0.25, -0.2) is 9.59 Å². The molecule has 0 aromatic heterocycles. The maximum absolute atomic E-state index is 12.6. The Labute approximate surface area is 176 Å². The van der Waals surface area contributed by atoms with Crippen LogP contribution in [0.4, 0.5) is 5.69 Å². The van der Waals surface area contributed by atoms with Crippen molar-refractivity contribution in [1.29, 1.82) is 0 Å². The molecular formula is C23H27NO6. The van der Waals surface area contributed by atoms with Crippen LogP contribution >= 0.6 is 0 Å². The maximum atomic E-state index is 12.6. The van der Waals surface area contributed by atoms with Crippen molar-refractivity contribution in [3.63, 3.8) is 0 Å². The van der Waals surface area contributed by atoms with Crippen molar-refractivity contribution in [3.05, 3.63) is 59.2 Å². The summed E-state index contributed by atoms with van der Waals surface area (Å²) in [6.07, 6.45) is -0.811. The first kappa shape index (κ1) is 22.9. The van der Waals surface area contributed by atoms with Gasteiger partial charge in [-0.3, -0.25) is 4.79 Å². The van der Waals surface area contributed by atoms with Crippen molar-refractivity contribution in [2.75, 3.05) is 19.5 Å². The minimum absolute atomic E-state index is 0.0174. The summed E-state index contributed by atoms with van der Waals surface area (Å²) in [5.41, 5.74) is 1.65. The average Bonchev–Trinajstić information content (AvgIpc) is 2.71. The van der Waals surface area contributed by atoms with Gasteiger partial charge in [0.05, 0.1) is 25.3 Å². The Bertz CT molecular complexity index is 893. The smallest absolute Gasteiger partial charge is 0.337 e. The molecule has 1 N–H and O–H groups in total. The highest BCUT2D eigenvalue weighted by atomic mass is 16.5. The summed E-state index contributed by atoms with van der Waals surface area (Å²) < 4.78 is 15.1. The molecule has 1 atom stereocenters. The molecule has 0 aliphatic heterocycles. The topological polar surface area (TPSA) is 90.9 Å². The van der Waals surface area contributed by atoms with Crippen LogP contribution in [0.25, 0.3) is 0 Å². The third-order valence-electron chi connectivity index (χ3n) is 4.45. The number of rotatable bonds is 6. The minimum atomic E-state index is -0.811. The Morgan fingerprint density at radius 2 is 1.37 bits per heavy atom. The van der Waals surface area contributed by atoms with Gasteiger partial charge in [-0.2, -0.15) is 0 Å². The molecule has 0 aliphatic carbocycles. The molecule has 0 spiro atoms. The van der Waals surface area contributed by atoms with Crippen LogP contribution in [0.5, 0.6) is 5.75 Å². The second kappa shape index (κ2) is 9.43. The van der Waals surface area contributed by atoms with E-state index in [1.165, 1.54) is 32.4 Å². The molecule has 7 heteroatoms. The number of esters is 2. The van der Waals surface area contributed by atoms with E-state index in [2.05, 4.69) is 26.1 Å². The first-order chi connectivity index (χ1) is 14.0. The first-order valence-electron chi connectivity index (χ1n) is 9.45. The van der Waals surface area contributed by atoms with E-state index in [1.807, 2.05) is 24.3 Å². The molecule has 0 fully saturated rings. The zero-order valence-electron chi connectivity index (χ0n) is 18.1. The number of methoxy groups -OCH3 is 2. The van der Waals surface area contributed by atoms with Gasteiger partial charge in [0.1, 0.15) is 5.75 Å². The molecule has 30 heavy (non-hydrogen) atoms. The van der Waals surface area contributed by atoms with E-state index < -0.39 is 23.9 Å². The molecule has 1 amide bonds. The number of benzene rings is 2. The second-order valence-corrected chi connectivity index (χ2v) is 7.81. The Hall–Kier alpha value is -3.35. The Morgan fingerprint density at radius 3 is 1.80 bits per heavy atom. The lowest BCUT2D eigenvalue weighted by molar-refractivity contribution is -0.122. The van der Waals surface area contributed by atoms with Crippen LogP contribution in [0.3, 0.4) is 0 Å². The van der Waals surface area contributed by atoms with Gasteiger partial charge in [-0.15, -0.1) is 0 Å². The molecule has 0 heterocycles. The summed E-state index contributed by atoms with van der Waals surface area (Å²) in [5.74, 6) is -1.16. The fourth-order valence-corrected chi connectivity index (χ4v) is 2.71. The van der Waals surface area contributed by atoms with Crippen LogP contribution in [0, 0.1) is 0 Å². The van der Waals surface area contributed by atoms with Crippen LogP contribution in [0.1, 0.15) is 54.0 Å². The summed E-state index contributed by atoms with van der Waals surface area (Å²) in [4.78, 5) is 36.3. The molecule has 0 saturated heterocycles. The van der Waals surface area contributed by atoms with Gasteiger partial charge in [0.25, 0.3) is 5.91 Å². The minimum Gasteiger partial charge on any atom is -0.481 e. The molecule has 160 valence electrons. The van der Waals surface area contributed by atoms with Crippen molar-refractivity contribution in [3.8, 4) is 5.75 Å². The number of anilines is 1. The van der Waals surface area contributed by atoms with Gasteiger partial charge in [-0.05, 0) is 48.2 Å². The lowest BCUT2D eigenvalue weighted by atomic mass is 9.87. The van der Waals surface area contributed by atoms with Gasteiger partial charge in [0, 0.05) is 5.69 Å². The van der Waals surface area contributed by atoms with E-state index in [-0.39, 0.29) is 22.2 Å². The first-order valence-corrected chi connectivity index (χ1v) is 9.45. The van der Waals surface area contributed by atoms with E-state index in [9.17, 15) is 14.4 Å². The SMILES string of the molecule is COC(=O)c1cc(NC(=O)[C@H](C)Oc2ccc(C(C)(C)C)cc2)cc(C(=O)OC)c1. The van der Waals surface area contributed by atoms with Crippen LogP contribution in [-0.4, -0.2) is 38.2 Å². The van der Waals surface area contributed by atoms with E-state index in [4.69, 9.17) is 14.2 Å². The number of nitrogens with one attached hydrogen (secondary N) is 1. The summed E-state index contributed by atoms with van der Waals surface area (Å²) >= 11 is 0. The lowest BCUT2D eigenvalue weighted by Crippen LogP contribution is -2.30. The van der Waals surface area contributed by atoms with E-state index in [0.717, 1.165) is 5.56 Å². The predicted molar refractivity (Wildman–Crippen MR) is 113 cm³/mol. The Morgan fingerprint density at radius 1 is 0.867 bits per heavy atom. The largest absolute Gasteiger partial charge is 0.481 e. The van der Waals surface area contributed by atoms with Crippen molar-refractivity contribution < 1.29 is 28.6 Å². The van der Waals surface area contributed by atoms with Crippen molar-refractivity contribution in [2.24, 2.45) is 0 Å². The number of ether oxygens (including phenoxy) is 3. The number of amides is 1. The molecule has 0 saturated carbocycles. The van der Waals surface area contributed by atoms with Crippen LogP contribution < -0.4 is 10.1 Å². The molecule has 0 bridgehead atoms. The zero-order chi connectivity index (χ0) is 22.5. The maximum Gasteiger partial charge on any atom is 0.337 e. The number of carbonyl (C=O) groups is 3. The van der Waals surface area contributed by atoms with Gasteiger partial charge in [-0.1, -0.05) is 32.9 Å². The second-order valence-electron chi connectivity index (χ2n) is 7.81. The molecule has 0 radical (unpaired) electrons. The van der Waals surface area contributed by atoms with E-state index in [1.54, 1.807) is 6.92 Å². The van der Waals surface area contributed by atoms with Crippen molar-refractivity contribution >= 4 is 23.5 Å². The highest BCUT2D eigenvalue weighted by Gasteiger charge is 2.19. The third kappa shape index (κ3) is 5.83. The highest BCUT2D eigenvalue weighted by molar-refractivity contribution is 6.00. The number of carbonyl (C=O) groups excluding carboxylic acids is 3. The fourth-order valence-electron chi connectivity index (χ4n) is 2.71. The van der Waals surface area contributed by atoms with Gasteiger partial charge < -0.3 is 19.5 Å². The van der Waals surface area contributed by atoms with Crippen molar-refractivity contribution in [2.45, 2.75) is 39.2 Å². The summed E-state index contributed by atoms with van der Waals surface area (Å²) in [5, 5.41) is 2.66. The highest BCUT2D eigenvalue weighted by Crippen LogP contribution is 2.25. The molecule has 0 aliphatic rings. The Balaban J connectivity index is 2.15. The Kier molecular flexibility index (Phi) is 7.21. The zero-order valence-corrected chi connectivity index (χ0v) is 18.1. The summed E-state index contributed by atoms with van der Waals surface area (Å²) in [6, 6.07) is 11.7. The molecule has 2 rings (SSSR count). The third-order valence-corrected chi connectivity index (χ3v) is 4.45. The van der Waals surface area contributed by atoms with Crippen LogP contribution in [-0.2, 0) is 19.7 Å². The summed E-state index contributed by atoms with van der Waals surface area (Å²) in [7, 11) is 2.46. The quantitative estimate of drug-likeness (QED) is 0.721.